The lowest BCUT2D eigenvalue weighted by Gasteiger charge is -2.07. The van der Waals surface area contributed by atoms with Crippen molar-refractivity contribution in [3.8, 4) is 11.3 Å². The first-order chi connectivity index (χ1) is 11.7. The van der Waals surface area contributed by atoms with Gasteiger partial charge in [-0.1, -0.05) is 36.4 Å². The second-order valence-electron chi connectivity index (χ2n) is 5.96. The number of hydrogen-bond acceptors (Lipinski definition) is 3. The molecular weight excluding hydrogens is 296 g/mol. The van der Waals surface area contributed by atoms with Crippen molar-refractivity contribution >= 4 is 5.65 Å². The van der Waals surface area contributed by atoms with E-state index in [-0.39, 0.29) is 0 Å². The van der Waals surface area contributed by atoms with Crippen molar-refractivity contribution in [2.45, 2.75) is 20.3 Å². The topological polar surface area (TPSA) is 43.1 Å². The fourth-order valence-electron chi connectivity index (χ4n) is 3.00. The van der Waals surface area contributed by atoms with Crippen LogP contribution in [0.1, 0.15) is 22.5 Å². The second kappa shape index (κ2) is 5.89. The number of benzene rings is 1. The van der Waals surface area contributed by atoms with E-state index in [1.54, 1.807) is 6.20 Å². The number of hydrogen-bond donors (Lipinski definition) is 0. The molecule has 0 spiro atoms. The largest absolute Gasteiger partial charge is 0.256 e. The van der Waals surface area contributed by atoms with Crippen molar-refractivity contribution in [2.24, 2.45) is 0 Å². The summed E-state index contributed by atoms with van der Waals surface area (Å²) >= 11 is 0. The Balaban J connectivity index is 1.83. The van der Waals surface area contributed by atoms with Crippen molar-refractivity contribution < 1.29 is 0 Å². The third-order valence-electron chi connectivity index (χ3n) is 4.24. The molecule has 0 fully saturated rings. The van der Waals surface area contributed by atoms with Gasteiger partial charge in [0, 0.05) is 24.5 Å². The predicted molar refractivity (Wildman–Crippen MR) is 94.9 cm³/mol. The Morgan fingerprint density at radius 3 is 2.46 bits per heavy atom. The van der Waals surface area contributed by atoms with E-state index < -0.39 is 0 Å². The van der Waals surface area contributed by atoms with Crippen LogP contribution in [0, 0.1) is 13.8 Å². The molecule has 1 aromatic carbocycles. The highest BCUT2D eigenvalue weighted by Crippen LogP contribution is 2.26. The molecule has 4 rings (SSSR count). The molecule has 4 heteroatoms. The van der Waals surface area contributed by atoms with Crippen LogP contribution in [0.25, 0.3) is 16.9 Å². The fourth-order valence-corrected chi connectivity index (χ4v) is 3.00. The molecule has 0 saturated carbocycles. The van der Waals surface area contributed by atoms with Gasteiger partial charge in [0.1, 0.15) is 0 Å². The van der Waals surface area contributed by atoms with Crippen LogP contribution >= 0.6 is 0 Å². The number of pyridine rings is 1. The summed E-state index contributed by atoms with van der Waals surface area (Å²) in [6.45, 7) is 4.06. The fraction of sp³-hybridized carbons (Fsp3) is 0.150. The maximum Gasteiger partial charge on any atom is 0.164 e. The number of rotatable bonds is 3. The first kappa shape index (κ1) is 14.6. The minimum absolute atomic E-state index is 0.855. The molecule has 0 aliphatic rings. The molecule has 3 aromatic heterocycles. The van der Waals surface area contributed by atoms with Crippen molar-refractivity contribution in [1.29, 1.82) is 0 Å². The Morgan fingerprint density at radius 1 is 0.917 bits per heavy atom. The summed E-state index contributed by atoms with van der Waals surface area (Å²) in [6, 6.07) is 16.3. The molecular formula is C20H18N4. The van der Waals surface area contributed by atoms with E-state index in [4.69, 9.17) is 4.98 Å². The average molecular weight is 314 g/mol. The molecule has 0 saturated heterocycles. The summed E-state index contributed by atoms with van der Waals surface area (Å²) in [5.41, 5.74) is 7.21. The van der Waals surface area contributed by atoms with Crippen LogP contribution in [0.15, 0.2) is 60.9 Å². The Hall–Kier alpha value is -3.01. The monoisotopic (exact) mass is 314 g/mol. The molecule has 0 atom stereocenters. The molecule has 0 bridgehead atoms. The van der Waals surface area contributed by atoms with Crippen molar-refractivity contribution in [1.82, 2.24) is 19.6 Å². The molecule has 0 amide bonds. The van der Waals surface area contributed by atoms with Gasteiger partial charge in [0.05, 0.1) is 17.0 Å². The third-order valence-corrected chi connectivity index (χ3v) is 4.24. The van der Waals surface area contributed by atoms with Crippen molar-refractivity contribution in [3.63, 3.8) is 0 Å². The van der Waals surface area contributed by atoms with Gasteiger partial charge in [0.15, 0.2) is 5.65 Å². The van der Waals surface area contributed by atoms with Crippen LogP contribution in [0.4, 0.5) is 0 Å². The normalized spacial score (nSPS) is 11.1. The van der Waals surface area contributed by atoms with Crippen LogP contribution in [-0.2, 0) is 6.42 Å². The Bertz CT molecular complexity index is 989. The smallest absolute Gasteiger partial charge is 0.164 e. The summed E-state index contributed by atoms with van der Waals surface area (Å²) < 4.78 is 1.88. The summed E-state index contributed by atoms with van der Waals surface area (Å²) in [7, 11) is 0. The van der Waals surface area contributed by atoms with E-state index in [0.29, 0.717) is 0 Å². The van der Waals surface area contributed by atoms with Crippen LogP contribution in [0.5, 0.6) is 0 Å². The first-order valence-corrected chi connectivity index (χ1v) is 8.03. The molecule has 4 aromatic rings. The molecule has 0 N–H and O–H groups in total. The average Bonchev–Trinajstić information content (AvgIpc) is 2.92. The van der Waals surface area contributed by atoms with Crippen LogP contribution in [0.2, 0.25) is 0 Å². The SMILES string of the molecule is Cc1nc2c(-c3ccccn3)c(C)nn2cc1Cc1ccccc1. The molecule has 0 radical (unpaired) electrons. The molecule has 0 aliphatic heterocycles. The summed E-state index contributed by atoms with van der Waals surface area (Å²) in [5.74, 6) is 0. The summed E-state index contributed by atoms with van der Waals surface area (Å²) in [6.07, 6.45) is 4.74. The van der Waals surface area contributed by atoms with E-state index in [9.17, 15) is 0 Å². The third kappa shape index (κ3) is 2.56. The number of aryl methyl sites for hydroxylation is 2. The zero-order chi connectivity index (χ0) is 16.5. The van der Waals surface area contributed by atoms with Gasteiger partial charge in [0.2, 0.25) is 0 Å². The van der Waals surface area contributed by atoms with Crippen LogP contribution < -0.4 is 0 Å². The highest BCUT2D eigenvalue weighted by molar-refractivity contribution is 5.77. The molecule has 118 valence electrons. The predicted octanol–water partition coefficient (Wildman–Crippen LogP) is 4.00. The van der Waals surface area contributed by atoms with Crippen molar-refractivity contribution in [3.05, 3.63) is 83.4 Å². The highest BCUT2D eigenvalue weighted by Gasteiger charge is 2.15. The molecule has 24 heavy (non-hydrogen) atoms. The van der Waals surface area contributed by atoms with Gasteiger partial charge in [-0.25, -0.2) is 9.50 Å². The van der Waals surface area contributed by atoms with Crippen molar-refractivity contribution in [2.75, 3.05) is 0 Å². The lowest BCUT2D eigenvalue weighted by atomic mass is 10.1. The Kier molecular flexibility index (Phi) is 3.58. The van der Waals surface area contributed by atoms with Crippen LogP contribution in [-0.4, -0.2) is 19.6 Å². The van der Waals surface area contributed by atoms with Gasteiger partial charge in [-0.05, 0) is 37.1 Å². The quantitative estimate of drug-likeness (QED) is 0.574. The molecule has 0 aliphatic carbocycles. The lowest BCUT2D eigenvalue weighted by molar-refractivity contribution is 0.886. The second-order valence-corrected chi connectivity index (χ2v) is 5.96. The summed E-state index contributed by atoms with van der Waals surface area (Å²) in [4.78, 5) is 9.29. The number of fused-ring (bicyclic) bond motifs is 1. The van der Waals surface area contributed by atoms with Gasteiger partial charge in [0.25, 0.3) is 0 Å². The number of aromatic nitrogens is 4. The van der Waals surface area contributed by atoms with E-state index in [2.05, 4.69) is 47.5 Å². The lowest BCUT2D eigenvalue weighted by Crippen LogP contribution is -2.00. The van der Waals surface area contributed by atoms with Gasteiger partial charge >= 0.3 is 0 Å². The van der Waals surface area contributed by atoms with Gasteiger partial charge in [-0.3, -0.25) is 4.98 Å². The zero-order valence-corrected chi connectivity index (χ0v) is 13.8. The minimum atomic E-state index is 0.855. The Labute approximate surface area is 140 Å². The first-order valence-electron chi connectivity index (χ1n) is 8.03. The molecule has 0 unspecified atom stereocenters. The maximum absolute atomic E-state index is 4.83. The highest BCUT2D eigenvalue weighted by atomic mass is 15.3. The van der Waals surface area contributed by atoms with Gasteiger partial charge in [-0.2, -0.15) is 5.10 Å². The van der Waals surface area contributed by atoms with Gasteiger partial charge in [-0.15, -0.1) is 0 Å². The number of nitrogens with zero attached hydrogens (tertiary/aromatic N) is 4. The van der Waals surface area contributed by atoms with E-state index in [1.807, 2.05) is 35.7 Å². The van der Waals surface area contributed by atoms with E-state index in [0.717, 1.165) is 34.7 Å². The van der Waals surface area contributed by atoms with E-state index >= 15 is 0 Å². The molecule has 3 heterocycles. The summed E-state index contributed by atoms with van der Waals surface area (Å²) in [5, 5.41) is 4.65. The maximum atomic E-state index is 4.83. The standard InChI is InChI=1S/C20H18N4/c1-14-17(12-16-8-4-3-5-9-16)13-24-20(22-14)19(15(2)23-24)18-10-6-7-11-21-18/h3-11,13H,12H2,1-2H3. The molecule has 4 nitrogen and oxygen atoms in total. The Morgan fingerprint density at radius 2 is 1.71 bits per heavy atom. The minimum Gasteiger partial charge on any atom is -0.256 e. The zero-order valence-electron chi connectivity index (χ0n) is 13.8. The van der Waals surface area contributed by atoms with Crippen LogP contribution in [0.3, 0.4) is 0 Å². The van der Waals surface area contributed by atoms with Gasteiger partial charge < -0.3 is 0 Å². The van der Waals surface area contributed by atoms with E-state index in [1.165, 1.54) is 11.1 Å².